The van der Waals surface area contributed by atoms with Crippen LogP contribution >= 0.6 is 0 Å². The van der Waals surface area contributed by atoms with E-state index < -0.39 is 12.1 Å². The summed E-state index contributed by atoms with van der Waals surface area (Å²) in [5.74, 6) is -0.125. The summed E-state index contributed by atoms with van der Waals surface area (Å²) < 4.78 is 5.45. The number of aliphatic hydroxyl groups is 2. The van der Waals surface area contributed by atoms with Gasteiger partial charge in [0.05, 0.1) is 25.4 Å². The molecule has 1 amide bonds. The van der Waals surface area contributed by atoms with Gasteiger partial charge in [0.25, 0.3) is 0 Å². The van der Waals surface area contributed by atoms with Gasteiger partial charge in [-0.05, 0) is 96.3 Å². The highest BCUT2D eigenvalue weighted by atomic mass is 16.5. The van der Waals surface area contributed by atoms with Crippen molar-refractivity contribution in [1.29, 1.82) is 0 Å². The Labute approximate surface area is 384 Å². The normalized spacial score (nSPS) is 13.2. The van der Waals surface area contributed by atoms with Crippen LogP contribution in [0.25, 0.3) is 0 Å². The first-order valence-corrected chi connectivity index (χ1v) is 26.6. The molecule has 0 aromatic heterocycles. The molecule has 0 fully saturated rings. The van der Waals surface area contributed by atoms with Crippen molar-refractivity contribution in [1.82, 2.24) is 5.32 Å². The molecule has 0 saturated heterocycles. The molecule has 2 atom stereocenters. The molecule has 6 nitrogen and oxygen atoms in total. The number of hydrogen-bond donors (Lipinski definition) is 3. The zero-order valence-corrected chi connectivity index (χ0v) is 40.8. The SMILES string of the molecule is CCCCCC/C=C\C/C=C\CCCCCCCCCC(=O)OCCCCC/C=C\C=C/CCCCCCCCC(=O)NC(CO)C(O)/C=C/CCCCCCCCCCCC. The number of unbranched alkanes of at least 4 members (excludes halogenated alkanes) is 30. The smallest absolute Gasteiger partial charge is 0.305 e. The maximum Gasteiger partial charge on any atom is 0.305 e. The van der Waals surface area contributed by atoms with Gasteiger partial charge in [-0.2, -0.15) is 0 Å². The second-order valence-corrected chi connectivity index (χ2v) is 17.9. The molecule has 3 N–H and O–H groups in total. The van der Waals surface area contributed by atoms with Crippen molar-refractivity contribution in [3.63, 3.8) is 0 Å². The van der Waals surface area contributed by atoms with Crippen LogP contribution in [0.4, 0.5) is 0 Å². The van der Waals surface area contributed by atoms with Crippen LogP contribution in [-0.2, 0) is 14.3 Å². The standard InChI is InChI=1S/C56H101NO5/c1-3-5-7-9-11-13-15-17-18-19-20-23-26-30-34-38-42-46-50-56(61)62-51-47-43-39-35-31-27-24-21-22-25-29-33-37-41-45-49-55(60)57-53(52-58)54(59)48-44-40-36-32-28-16-14-12-10-8-6-4-2/h13,15,18-19,21,24,27,31,44,48,53-54,58-59H,3-12,14,16-17,20,22-23,25-26,28-30,32-43,45-47,49-52H2,1-2H3,(H,57,60)/b15-13-,19-18-,24-21-,31-27-,48-44+. The minimum atomic E-state index is -0.859. The summed E-state index contributed by atoms with van der Waals surface area (Å²) in [5.41, 5.74) is 0. The summed E-state index contributed by atoms with van der Waals surface area (Å²) in [6.45, 7) is 4.80. The van der Waals surface area contributed by atoms with Crippen molar-refractivity contribution in [2.45, 2.75) is 270 Å². The zero-order chi connectivity index (χ0) is 45.1. The van der Waals surface area contributed by atoms with Gasteiger partial charge in [-0.1, -0.05) is 209 Å². The van der Waals surface area contributed by atoms with E-state index in [1.807, 2.05) is 6.08 Å². The number of nitrogens with one attached hydrogen (secondary N) is 1. The molecule has 6 heteroatoms. The van der Waals surface area contributed by atoms with E-state index in [0.29, 0.717) is 19.4 Å². The van der Waals surface area contributed by atoms with Crippen LogP contribution in [0.5, 0.6) is 0 Å². The van der Waals surface area contributed by atoms with Crippen molar-refractivity contribution in [2.75, 3.05) is 13.2 Å². The summed E-state index contributed by atoms with van der Waals surface area (Å²) in [6.07, 6.45) is 65.1. The Morgan fingerprint density at radius 3 is 1.34 bits per heavy atom. The van der Waals surface area contributed by atoms with E-state index in [1.54, 1.807) is 6.08 Å². The Morgan fingerprint density at radius 2 is 0.855 bits per heavy atom. The van der Waals surface area contributed by atoms with E-state index in [1.165, 1.54) is 148 Å². The van der Waals surface area contributed by atoms with E-state index in [0.717, 1.165) is 83.5 Å². The van der Waals surface area contributed by atoms with Gasteiger partial charge in [0, 0.05) is 12.8 Å². The first-order valence-electron chi connectivity index (χ1n) is 26.6. The van der Waals surface area contributed by atoms with Crippen LogP contribution in [0.15, 0.2) is 60.8 Å². The lowest BCUT2D eigenvalue weighted by Gasteiger charge is -2.20. The second kappa shape index (κ2) is 51.2. The Bertz CT molecular complexity index is 1090. The van der Waals surface area contributed by atoms with Crippen LogP contribution in [0.2, 0.25) is 0 Å². The predicted molar refractivity (Wildman–Crippen MR) is 268 cm³/mol. The lowest BCUT2D eigenvalue weighted by molar-refractivity contribution is -0.143. The van der Waals surface area contributed by atoms with E-state index >= 15 is 0 Å². The zero-order valence-electron chi connectivity index (χ0n) is 40.8. The first kappa shape index (κ1) is 59.6. The highest BCUT2D eigenvalue weighted by molar-refractivity contribution is 5.76. The number of amides is 1. The fourth-order valence-electron chi connectivity index (χ4n) is 7.65. The fraction of sp³-hybridized carbons (Fsp3) is 0.786. The highest BCUT2D eigenvalue weighted by Gasteiger charge is 2.18. The predicted octanol–water partition coefficient (Wildman–Crippen LogP) is 16.0. The molecular weight excluding hydrogens is 767 g/mol. The molecule has 360 valence electrons. The molecule has 0 spiro atoms. The van der Waals surface area contributed by atoms with Gasteiger partial charge in [0.2, 0.25) is 5.91 Å². The molecule has 2 unspecified atom stereocenters. The summed E-state index contributed by atoms with van der Waals surface area (Å²) in [7, 11) is 0. The van der Waals surface area contributed by atoms with E-state index in [2.05, 4.69) is 67.8 Å². The molecule has 0 saturated carbocycles. The molecule has 0 aliphatic rings. The Balaban J connectivity index is 3.55. The number of ether oxygens (including phenoxy) is 1. The minimum Gasteiger partial charge on any atom is -0.466 e. The molecule has 0 rings (SSSR count). The van der Waals surface area contributed by atoms with Crippen LogP contribution < -0.4 is 5.32 Å². The van der Waals surface area contributed by atoms with Crippen LogP contribution in [0.1, 0.15) is 258 Å². The number of esters is 1. The molecule has 0 aromatic carbocycles. The monoisotopic (exact) mass is 868 g/mol. The number of aliphatic hydroxyl groups excluding tert-OH is 2. The van der Waals surface area contributed by atoms with Gasteiger partial charge in [-0.15, -0.1) is 0 Å². The maximum atomic E-state index is 12.4. The molecule has 0 bridgehead atoms. The van der Waals surface area contributed by atoms with Gasteiger partial charge in [-0.3, -0.25) is 9.59 Å². The van der Waals surface area contributed by atoms with Crippen molar-refractivity contribution in [2.24, 2.45) is 0 Å². The highest BCUT2D eigenvalue weighted by Crippen LogP contribution is 2.14. The van der Waals surface area contributed by atoms with Crippen molar-refractivity contribution in [3.05, 3.63) is 60.8 Å². The molecule has 0 heterocycles. The topological polar surface area (TPSA) is 95.9 Å². The van der Waals surface area contributed by atoms with E-state index in [9.17, 15) is 19.8 Å². The van der Waals surface area contributed by atoms with Crippen LogP contribution in [-0.4, -0.2) is 47.4 Å². The van der Waals surface area contributed by atoms with Crippen molar-refractivity contribution in [3.8, 4) is 0 Å². The summed E-state index contributed by atoms with van der Waals surface area (Å²) >= 11 is 0. The van der Waals surface area contributed by atoms with Gasteiger partial charge in [0.1, 0.15) is 0 Å². The first-order chi connectivity index (χ1) is 30.5. The molecule has 0 aliphatic heterocycles. The molecule has 0 aromatic rings. The molecule has 62 heavy (non-hydrogen) atoms. The van der Waals surface area contributed by atoms with Crippen molar-refractivity contribution >= 4 is 11.9 Å². The van der Waals surface area contributed by atoms with Gasteiger partial charge < -0.3 is 20.3 Å². The number of hydrogen-bond acceptors (Lipinski definition) is 5. The molecular formula is C56H101NO5. The quantitative estimate of drug-likeness (QED) is 0.0245. The number of rotatable bonds is 48. The molecule has 0 aliphatic carbocycles. The van der Waals surface area contributed by atoms with Crippen molar-refractivity contribution < 1.29 is 24.5 Å². The molecule has 0 radical (unpaired) electrons. The summed E-state index contributed by atoms with van der Waals surface area (Å²) in [5, 5.41) is 23.0. The largest absolute Gasteiger partial charge is 0.466 e. The number of carbonyl (C=O) groups excluding carboxylic acids is 2. The van der Waals surface area contributed by atoms with E-state index in [-0.39, 0.29) is 18.5 Å². The van der Waals surface area contributed by atoms with Gasteiger partial charge >= 0.3 is 5.97 Å². The summed E-state index contributed by atoms with van der Waals surface area (Å²) in [6, 6.07) is -0.645. The third kappa shape index (κ3) is 47.0. The van der Waals surface area contributed by atoms with Crippen LogP contribution in [0.3, 0.4) is 0 Å². The third-order valence-corrected chi connectivity index (χ3v) is 11.8. The lowest BCUT2D eigenvalue weighted by Crippen LogP contribution is -2.45. The Morgan fingerprint density at radius 1 is 0.468 bits per heavy atom. The lowest BCUT2D eigenvalue weighted by atomic mass is 10.1. The summed E-state index contributed by atoms with van der Waals surface area (Å²) in [4.78, 5) is 24.4. The third-order valence-electron chi connectivity index (χ3n) is 11.8. The number of allylic oxidation sites excluding steroid dienone is 9. The average Bonchev–Trinajstić information content (AvgIpc) is 3.27. The average molecular weight is 868 g/mol. The number of carbonyl (C=O) groups is 2. The van der Waals surface area contributed by atoms with Gasteiger partial charge in [0.15, 0.2) is 0 Å². The maximum absolute atomic E-state index is 12.4. The van der Waals surface area contributed by atoms with Crippen LogP contribution in [0, 0.1) is 0 Å². The minimum absolute atomic E-state index is 0.0314. The van der Waals surface area contributed by atoms with Gasteiger partial charge in [-0.25, -0.2) is 0 Å². The Hall–Kier alpha value is -2.44. The fourth-order valence-corrected chi connectivity index (χ4v) is 7.65. The van der Waals surface area contributed by atoms with E-state index in [4.69, 9.17) is 4.74 Å². The second-order valence-electron chi connectivity index (χ2n) is 17.9. The Kier molecular flexibility index (Phi) is 49.2.